The van der Waals surface area contributed by atoms with E-state index in [2.05, 4.69) is 26.8 Å². The van der Waals surface area contributed by atoms with Crippen molar-refractivity contribution in [3.05, 3.63) is 22.8 Å². The van der Waals surface area contributed by atoms with Gasteiger partial charge in [0.1, 0.15) is 5.41 Å². The van der Waals surface area contributed by atoms with Crippen molar-refractivity contribution in [1.82, 2.24) is 0 Å². The third-order valence-corrected chi connectivity index (χ3v) is 8.87. The Labute approximate surface area is 185 Å². The van der Waals surface area contributed by atoms with Crippen LogP contribution in [0.5, 0.6) is 11.5 Å². The molecule has 2 aliphatic carbocycles. The number of esters is 1. The van der Waals surface area contributed by atoms with Crippen LogP contribution in [0.25, 0.3) is 0 Å². The average Bonchev–Trinajstić information content (AvgIpc) is 2.69. The van der Waals surface area contributed by atoms with Crippen molar-refractivity contribution in [2.45, 2.75) is 89.7 Å². The smallest absolute Gasteiger partial charge is 0.316 e. The normalized spacial score (nSPS) is 27.4. The number of phenolic OH excluding ortho intramolecular Hbond substituents is 2. The van der Waals surface area contributed by atoms with Gasteiger partial charge >= 0.3 is 5.97 Å². The van der Waals surface area contributed by atoms with Crippen LogP contribution in [0, 0.1) is 11.3 Å². The standard InChI is InChI=1S/C25H38O4S/c1-7-8-12-30-18-14-19-24(4,5)10-9-11-25(19,23(28)29-6)20-17(18)13-16(15(2)3)21(26)22(20)27/h13,15,18-19,26-27H,7-12,14H2,1-6H3/t18?,19-,25+/m0/s1. The zero-order chi connectivity index (χ0) is 22.3. The quantitative estimate of drug-likeness (QED) is 0.306. The van der Waals surface area contributed by atoms with E-state index in [1.54, 1.807) is 0 Å². The number of unbranched alkanes of at least 4 members (excludes halogenated alkanes) is 1. The fourth-order valence-corrected chi connectivity index (χ4v) is 7.35. The lowest BCUT2D eigenvalue weighted by molar-refractivity contribution is -0.156. The summed E-state index contributed by atoms with van der Waals surface area (Å²) in [5.74, 6) is 0.742. The molecule has 1 saturated carbocycles. The van der Waals surface area contributed by atoms with Gasteiger partial charge in [-0.3, -0.25) is 4.79 Å². The van der Waals surface area contributed by atoms with Crippen LogP contribution < -0.4 is 0 Å². The van der Waals surface area contributed by atoms with Crippen molar-refractivity contribution < 1.29 is 19.7 Å². The van der Waals surface area contributed by atoms with E-state index in [-0.39, 0.29) is 40.0 Å². The summed E-state index contributed by atoms with van der Waals surface area (Å²) in [4.78, 5) is 13.4. The molecule has 168 valence electrons. The molecule has 0 aromatic heterocycles. The molecule has 1 aromatic rings. The highest BCUT2D eigenvalue weighted by Gasteiger charge is 2.60. The number of hydrogen-bond acceptors (Lipinski definition) is 5. The molecule has 2 N–H and O–H groups in total. The summed E-state index contributed by atoms with van der Waals surface area (Å²) in [6, 6.07) is 2.06. The number of rotatable bonds is 6. The predicted octanol–water partition coefficient (Wildman–Crippen LogP) is 6.44. The van der Waals surface area contributed by atoms with Gasteiger partial charge in [0, 0.05) is 16.4 Å². The van der Waals surface area contributed by atoms with E-state index in [0.29, 0.717) is 12.0 Å². The van der Waals surface area contributed by atoms with E-state index in [4.69, 9.17) is 4.74 Å². The maximum Gasteiger partial charge on any atom is 0.316 e. The molecule has 0 saturated heterocycles. The third kappa shape index (κ3) is 3.61. The molecule has 0 bridgehead atoms. The lowest BCUT2D eigenvalue weighted by Crippen LogP contribution is -2.55. The zero-order valence-corrected chi connectivity index (χ0v) is 20.2. The largest absolute Gasteiger partial charge is 0.504 e. The van der Waals surface area contributed by atoms with Gasteiger partial charge in [-0.15, -0.1) is 0 Å². The lowest BCUT2D eigenvalue weighted by Gasteiger charge is -2.55. The van der Waals surface area contributed by atoms with Crippen molar-refractivity contribution in [1.29, 1.82) is 0 Å². The molecule has 0 radical (unpaired) electrons. The van der Waals surface area contributed by atoms with Crippen molar-refractivity contribution in [3.8, 4) is 11.5 Å². The van der Waals surface area contributed by atoms with Gasteiger partial charge in [0.05, 0.1) is 7.11 Å². The Morgan fingerprint density at radius 1 is 1.27 bits per heavy atom. The van der Waals surface area contributed by atoms with Crippen molar-refractivity contribution in [2.75, 3.05) is 12.9 Å². The Morgan fingerprint density at radius 3 is 2.57 bits per heavy atom. The number of carbonyl (C=O) groups is 1. The first-order valence-electron chi connectivity index (χ1n) is 11.4. The number of carbonyl (C=O) groups excluding carboxylic acids is 1. The SMILES string of the molecule is CCCCSC1C[C@H]2C(C)(C)CCC[C@]2(C(=O)OC)c2c1cc(C(C)C)c(O)c2O. The number of methoxy groups -OCH3 is 1. The molecule has 0 heterocycles. The van der Waals surface area contributed by atoms with Gasteiger partial charge in [-0.25, -0.2) is 0 Å². The van der Waals surface area contributed by atoms with Crippen LogP contribution in [0.15, 0.2) is 6.07 Å². The summed E-state index contributed by atoms with van der Waals surface area (Å²) in [5, 5.41) is 22.4. The molecule has 1 fully saturated rings. The first-order chi connectivity index (χ1) is 14.1. The molecular formula is C25H38O4S. The van der Waals surface area contributed by atoms with Crippen LogP contribution in [0.1, 0.15) is 101 Å². The first kappa shape index (κ1) is 23.3. The second-order valence-electron chi connectivity index (χ2n) is 10.1. The van der Waals surface area contributed by atoms with Crippen molar-refractivity contribution in [2.24, 2.45) is 11.3 Å². The zero-order valence-electron chi connectivity index (χ0n) is 19.4. The Hall–Kier alpha value is -1.36. The Balaban J connectivity index is 2.29. The molecule has 3 rings (SSSR count). The minimum absolute atomic E-state index is 0.0491. The van der Waals surface area contributed by atoms with E-state index in [1.165, 1.54) is 7.11 Å². The molecule has 1 aromatic carbocycles. The number of benzene rings is 1. The summed E-state index contributed by atoms with van der Waals surface area (Å²) in [7, 11) is 1.44. The van der Waals surface area contributed by atoms with Crippen molar-refractivity contribution >= 4 is 17.7 Å². The monoisotopic (exact) mass is 434 g/mol. The number of ether oxygens (including phenoxy) is 1. The maximum atomic E-state index is 13.4. The van der Waals surface area contributed by atoms with Crippen LogP contribution >= 0.6 is 11.8 Å². The Morgan fingerprint density at radius 2 is 1.97 bits per heavy atom. The molecule has 4 nitrogen and oxygen atoms in total. The van der Waals surface area contributed by atoms with Crippen LogP contribution in [0.4, 0.5) is 0 Å². The minimum atomic E-state index is -0.898. The summed E-state index contributed by atoms with van der Waals surface area (Å²) in [5.41, 5.74) is 1.46. The highest BCUT2D eigenvalue weighted by atomic mass is 32.2. The fourth-order valence-electron chi connectivity index (χ4n) is 5.92. The van der Waals surface area contributed by atoms with E-state index >= 15 is 0 Å². The summed E-state index contributed by atoms with van der Waals surface area (Å²) >= 11 is 1.93. The molecule has 3 atom stereocenters. The summed E-state index contributed by atoms with van der Waals surface area (Å²) < 4.78 is 5.37. The number of aromatic hydroxyl groups is 2. The number of phenols is 2. The molecular weight excluding hydrogens is 396 g/mol. The predicted molar refractivity (Wildman–Crippen MR) is 123 cm³/mol. The van der Waals surface area contributed by atoms with Gasteiger partial charge in [-0.2, -0.15) is 11.8 Å². The topological polar surface area (TPSA) is 66.8 Å². The van der Waals surface area contributed by atoms with E-state index in [9.17, 15) is 15.0 Å². The van der Waals surface area contributed by atoms with Gasteiger partial charge in [0.2, 0.25) is 0 Å². The van der Waals surface area contributed by atoms with E-state index in [0.717, 1.165) is 49.0 Å². The average molecular weight is 435 g/mol. The molecule has 1 unspecified atom stereocenters. The summed E-state index contributed by atoms with van der Waals surface area (Å²) in [6.45, 7) is 10.7. The van der Waals surface area contributed by atoms with E-state index < -0.39 is 5.41 Å². The second kappa shape index (κ2) is 8.64. The third-order valence-electron chi connectivity index (χ3n) is 7.50. The first-order valence-corrected chi connectivity index (χ1v) is 12.5. The number of thioether (sulfide) groups is 1. The Bertz CT molecular complexity index is 801. The van der Waals surface area contributed by atoms with Gasteiger partial charge in [0.25, 0.3) is 0 Å². The second-order valence-corrected chi connectivity index (χ2v) is 11.4. The Kier molecular flexibility index (Phi) is 6.71. The maximum absolute atomic E-state index is 13.4. The van der Waals surface area contributed by atoms with Crippen LogP contribution in [-0.2, 0) is 14.9 Å². The molecule has 2 aliphatic rings. The van der Waals surface area contributed by atoms with E-state index in [1.807, 2.05) is 25.6 Å². The minimum Gasteiger partial charge on any atom is -0.504 e. The van der Waals surface area contributed by atoms with Crippen LogP contribution in [-0.4, -0.2) is 29.0 Å². The highest BCUT2D eigenvalue weighted by Crippen LogP contribution is 2.64. The molecule has 30 heavy (non-hydrogen) atoms. The van der Waals surface area contributed by atoms with Crippen LogP contribution in [0.3, 0.4) is 0 Å². The van der Waals surface area contributed by atoms with Gasteiger partial charge in [-0.1, -0.05) is 53.5 Å². The van der Waals surface area contributed by atoms with Crippen molar-refractivity contribution in [3.63, 3.8) is 0 Å². The molecule has 0 amide bonds. The van der Waals surface area contributed by atoms with Gasteiger partial charge < -0.3 is 14.9 Å². The molecule has 0 aliphatic heterocycles. The van der Waals surface area contributed by atoms with Crippen LogP contribution in [0.2, 0.25) is 0 Å². The highest BCUT2D eigenvalue weighted by molar-refractivity contribution is 7.99. The molecule has 0 spiro atoms. The number of hydrogen-bond donors (Lipinski definition) is 2. The van der Waals surface area contributed by atoms with Gasteiger partial charge in [-0.05, 0) is 54.3 Å². The van der Waals surface area contributed by atoms with Gasteiger partial charge in [0.15, 0.2) is 11.5 Å². The lowest BCUT2D eigenvalue weighted by atomic mass is 9.49. The number of fused-ring (bicyclic) bond motifs is 3. The molecule has 5 heteroatoms. The fraction of sp³-hybridized carbons (Fsp3) is 0.720. The summed E-state index contributed by atoms with van der Waals surface area (Å²) in [6.07, 6.45) is 5.79.